The van der Waals surface area contributed by atoms with Gasteiger partial charge in [-0.25, -0.2) is 0 Å². The van der Waals surface area contributed by atoms with Crippen LogP contribution in [-0.4, -0.2) is 30.7 Å². The van der Waals surface area contributed by atoms with Crippen LogP contribution >= 0.6 is 34.3 Å². The molecule has 0 radical (unpaired) electrons. The Balaban J connectivity index is 2.08. The normalized spacial score (nSPS) is 11.7. The molecule has 136 valence electrons. The monoisotopic (exact) mass is 410 g/mol. The maximum atomic E-state index is 12.4. The molecule has 9 heteroatoms. The summed E-state index contributed by atoms with van der Waals surface area (Å²) in [6.07, 6.45) is 0.172. The summed E-state index contributed by atoms with van der Waals surface area (Å²) in [5.74, 6) is -0.0145. The summed E-state index contributed by atoms with van der Waals surface area (Å²) in [6.45, 7) is 0.344. The number of carbonyl (C=O) groups excluding carboxylic acids is 2. The number of thiazole rings is 1. The molecular formula is C17H15ClN2O4S2. The zero-order valence-electron chi connectivity index (χ0n) is 14.0. The number of fused-ring (bicyclic) bond motifs is 1. The Hall–Kier alpha value is -2.16. The molecule has 1 amide bonds. The fourth-order valence-electron chi connectivity index (χ4n) is 2.35. The van der Waals surface area contributed by atoms with Gasteiger partial charge in [-0.1, -0.05) is 22.9 Å². The van der Waals surface area contributed by atoms with Gasteiger partial charge in [0, 0.05) is 12.6 Å². The second kappa shape index (κ2) is 8.03. The minimum absolute atomic E-state index is 0.172. The van der Waals surface area contributed by atoms with E-state index in [2.05, 4.69) is 4.99 Å². The van der Waals surface area contributed by atoms with E-state index in [1.807, 2.05) is 22.8 Å². The van der Waals surface area contributed by atoms with Gasteiger partial charge in [-0.15, -0.1) is 11.3 Å². The summed E-state index contributed by atoms with van der Waals surface area (Å²) in [4.78, 5) is 29.2. The highest BCUT2D eigenvalue weighted by Crippen LogP contribution is 2.24. The van der Waals surface area contributed by atoms with Crippen molar-refractivity contribution < 1.29 is 19.1 Å². The van der Waals surface area contributed by atoms with Gasteiger partial charge in [-0.05, 0) is 24.3 Å². The first-order valence-corrected chi connectivity index (χ1v) is 9.61. The van der Waals surface area contributed by atoms with E-state index in [-0.39, 0.29) is 18.3 Å². The zero-order valence-corrected chi connectivity index (χ0v) is 16.4. The molecule has 0 aliphatic rings. The molecule has 0 atom stereocenters. The van der Waals surface area contributed by atoms with E-state index in [1.165, 1.54) is 29.8 Å². The summed E-state index contributed by atoms with van der Waals surface area (Å²) < 4.78 is 13.3. The second-order valence-corrected chi connectivity index (χ2v) is 7.94. The molecular weight excluding hydrogens is 396 g/mol. The van der Waals surface area contributed by atoms with Crippen LogP contribution in [0.5, 0.6) is 5.75 Å². The Morgan fingerprint density at radius 3 is 2.65 bits per heavy atom. The van der Waals surface area contributed by atoms with Crippen molar-refractivity contribution in [1.29, 1.82) is 0 Å². The maximum absolute atomic E-state index is 12.4. The van der Waals surface area contributed by atoms with Crippen LogP contribution in [0.2, 0.25) is 4.34 Å². The van der Waals surface area contributed by atoms with Crippen LogP contribution < -0.4 is 9.54 Å². The van der Waals surface area contributed by atoms with E-state index in [1.54, 1.807) is 19.2 Å². The summed E-state index contributed by atoms with van der Waals surface area (Å²) in [6, 6.07) is 8.91. The molecule has 0 saturated heterocycles. The fraction of sp³-hybridized carbons (Fsp3) is 0.235. The molecule has 3 rings (SSSR count). The lowest BCUT2D eigenvalue weighted by Crippen LogP contribution is -2.19. The number of amides is 1. The molecule has 2 aromatic heterocycles. The lowest BCUT2D eigenvalue weighted by Gasteiger charge is -2.05. The summed E-state index contributed by atoms with van der Waals surface area (Å²) in [5, 5.41) is 0. The molecule has 0 bridgehead atoms. The van der Waals surface area contributed by atoms with E-state index in [0.717, 1.165) is 10.2 Å². The molecule has 0 aliphatic heterocycles. The highest BCUT2D eigenvalue weighted by Gasteiger charge is 2.13. The molecule has 1 aromatic carbocycles. The van der Waals surface area contributed by atoms with Crippen molar-refractivity contribution in [3.05, 3.63) is 44.3 Å². The second-order valence-electron chi connectivity index (χ2n) is 5.22. The van der Waals surface area contributed by atoms with Gasteiger partial charge in [-0.2, -0.15) is 4.99 Å². The Kier molecular flexibility index (Phi) is 5.75. The minimum Gasteiger partial charge on any atom is -0.497 e. The SMILES string of the molecule is COC(=O)CCn1c(=NC(=O)c2ccc(Cl)s2)sc2ccc(OC)cc21. The number of methoxy groups -OCH3 is 2. The van der Waals surface area contributed by atoms with E-state index in [0.29, 0.717) is 26.3 Å². The summed E-state index contributed by atoms with van der Waals surface area (Å²) >= 11 is 8.44. The highest BCUT2D eigenvalue weighted by atomic mass is 35.5. The Labute approximate surface area is 162 Å². The van der Waals surface area contributed by atoms with Crippen LogP contribution in [-0.2, 0) is 16.1 Å². The first-order valence-electron chi connectivity index (χ1n) is 7.60. The van der Waals surface area contributed by atoms with Crippen molar-refractivity contribution in [1.82, 2.24) is 4.57 Å². The van der Waals surface area contributed by atoms with E-state index >= 15 is 0 Å². The number of thiophene rings is 1. The fourth-order valence-corrected chi connectivity index (χ4v) is 4.32. The van der Waals surface area contributed by atoms with Crippen molar-refractivity contribution in [3.63, 3.8) is 0 Å². The molecule has 3 aromatic rings. The van der Waals surface area contributed by atoms with Gasteiger partial charge in [-0.3, -0.25) is 9.59 Å². The number of rotatable bonds is 5. The number of ether oxygens (including phenoxy) is 2. The van der Waals surface area contributed by atoms with Gasteiger partial charge in [0.25, 0.3) is 5.91 Å². The zero-order chi connectivity index (χ0) is 18.7. The largest absolute Gasteiger partial charge is 0.497 e. The van der Waals surface area contributed by atoms with Crippen molar-refractivity contribution >= 4 is 56.4 Å². The lowest BCUT2D eigenvalue weighted by atomic mass is 10.3. The average molecular weight is 411 g/mol. The number of nitrogens with zero attached hydrogens (tertiary/aromatic N) is 2. The predicted molar refractivity (Wildman–Crippen MR) is 102 cm³/mol. The van der Waals surface area contributed by atoms with Gasteiger partial charge in [0.1, 0.15) is 5.75 Å². The summed E-state index contributed by atoms with van der Waals surface area (Å²) in [5.41, 5.74) is 0.842. The molecule has 0 saturated carbocycles. The van der Waals surface area contributed by atoms with Gasteiger partial charge in [0.05, 0.1) is 40.1 Å². The molecule has 0 aliphatic carbocycles. The number of aromatic nitrogens is 1. The van der Waals surface area contributed by atoms with Crippen LogP contribution in [0.15, 0.2) is 35.3 Å². The van der Waals surface area contributed by atoms with Gasteiger partial charge in [0.15, 0.2) is 4.80 Å². The Morgan fingerprint density at radius 2 is 2.00 bits per heavy atom. The number of hydrogen-bond acceptors (Lipinski definition) is 6. The van der Waals surface area contributed by atoms with Crippen LogP contribution in [0.3, 0.4) is 0 Å². The standard InChI is InChI=1S/C17H15ClN2O4S2/c1-23-10-3-4-12-11(9-10)20(8-7-15(21)24-2)17(26-12)19-16(22)13-5-6-14(18)25-13/h3-6,9H,7-8H2,1-2H3. The number of halogens is 1. The number of aryl methyl sites for hydroxylation is 1. The third-order valence-electron chi connectivity index (χ3n) is 3.64. The number of benzene rings is 1. The molecule has 2 heterocycles. The molecule has 26 heavy (non-hydrogen) atoms. The third-order valence-corrected chi connectivity index (χ3v) is 5.92. The van der Waals surface area contributed by atoms with E-state index < -0.39 is 0 Å². The lowest BCUT2D eigenvalue weighted by molar-refractivity contribution is -0.140. The first kappa shape index (κ1) is 18.6. The first-order chi connectivity index (χ1) is 12.5. The van der Waals surface area contributed by atoms with Crippen molar-refractivity contribution in [3.8, 4) is 5.75 Å². The quantitative estimate of drug-likeness (QED) is 0.601. The van der Waals surface area contributed by atoms with Crippen LogP contribution in [0.4, 0.5) is 0 Å². The molecule has 6 nitrogen and oxygen atoms in total. The maximum Gasteiger partial charge on any atom is 0.307 e. The average Bonchev–Trinajstić information content (AvgIpc) is 3.22. The van der Waals surface area contributed by atoms with Crippen LogP contribution in [0.25, 0.3) is 10.2 Å². The van der Waals surface area contributed by atoms with Crippen molar-refractivity contribution in [2.45, 2.75) is 13.0 Å². The molecule has 0 spiro atoms. The molecule has 0 unspecified atom stereocenters. The van der Waals surface area contributed by atoms with Crippen LogP contribution in [0, 0.1) is 0 Å². The highest BCUT2D eigenvalue weighted by molar-refractivity contribution is 7.18. The van der Waals surface area contributed by atoms with E-state index in [4.69, 9.17) is 21.1 Å². The number of carbonyl (C=O) groups is 2. The van der Waals surface area contributed by atoms with Crippen molar-refractivity contribution in [2.75, 3.05) is 14.2 Å². The Bertz CT molecular complexity index is 1030. The Morgan fingerprint density at radius 1 is 1.19 bits per heavy atom. The van der Waals surface area contributed by atoms with E-state index in [9.17, 15) is 9.59 Å². The minimum atomic E-state index is -0.368. The topological polar surface area (TPSA) is 69.9 Å². The molecule has 0 fully saturated rings. The van der Waals surface area contributed by atoms with Gasteiger partial charge in [0.2, 0.25) is 0 Å². The summed E-state index contributed by atoms with van der Waals surface area (Å²) in [7, 11) is 2.93. The van der Waals surface area contributed by atoms with Crippen LogP contribution in [0.1, 0.15) is 16.1 Å². The third kappa shape index (κ3) is 3.98. The predicted octanol–water partition coefficient (Wildman–Crippen LogP) is 3.73. The van der Waals surface area contributed by atoms with Gasteiger partial charge >= 0.3 is 5.97 Å². The number of esters is 1. The van der Waals surface area contributed by atoms with Gasteiger partial charge < -0.3 is 14.0 Å². The number of hydrogen-bond donors (Lipinski definition) is 0. The molecule has 0 N–H and O–H groups in total. The van der Waals surface area contributed by atoms with Crippen molar-refractivity contribution in [2.24, 2.45) is 4.99 Å². The smallest absolute Gasteiger partial charge is 0.307 e.